The van der Waals surface area contributed by atoms with Crippen LogP contribution in [0.4, 0.5) is 13.2 Å². The molecule has 1 saturated heterocycles. The van der Waals surface area contributed by atoms with E-state index in [4.69, 9.17) is 9.47 Å². The zero-order valence-corrected chi connectivity index (χ0v) is 14.3. The lowest BCUT2D eigenvalue weighted by Crippen LogP contribution is -2.39. The number of esters is 2. The maximum Gasteiger partial charge on any atom is 0.416 e. The Labute approximate surface area is 148 Å². The van der Waals surface area contributed by atoms with E-state index < -0.39 is 41.8 Å². The van der Waals surface area contributed by atoms with Crippen LogP contribution < -0.4 is 0 Å². The van der Waals surface area contributed by atoms with Crippen molar-refractivity contribution in [3.8, 4) is 0 Å². The van der Waals surface area contributed by atoms with E-state index in [1.54, 1.807) is 13.8 Å². The Morgan fingerprint density at radius 3 is 2.62 bits per heavy atom. The van der Waals surface area contributed by atoms with Crippen molar-refractivity contribution >= 4 is 18.0 Å². The molecule has 1 aliphatic rings. The third-order valence-corrected chi connectivity index (χ3v) is 3.92. The number of hydrogen-bond donors (Lipinski definition) is 1. The predicted molar refractivity (Wildman–Crippen MR) is 85.7 cm³/mol. The van der Waals surface area contributed by atoms with Gasteiger partial charge in [-0.05, 0) is 17.7 Å². The van der Waals surface area contributed by atoms with Crippen LogP contribution in [0.2, 0.25) is 0 Å². The van der Waals surface area contributed by atoms with Crippen LogP contribution in [0.15, 0.2) is 29.8 Å². The van der Waals surface area contributed by atoms with Crippen LogP contribution in [0.25, 0.3) is 6.08 Å². The number of halogens is 3. The summed E-state index contributed by atoms with van der Waals surface area (Å²) in [5.41, 5.74) is -2.58. The number of benzene rings is 1. The van der Waals surface area contributed by atoms with Crippen LogP contribution >= 0.6 is 0 Å². The molecule has 2 rings (SSSR count). The van der Waals surface area contributed by atoms with Crippen molar-refractivity contribution in [2.45, 2.75) is 32.0 Å². The zero-order valence-electron chi connectivity index (χ0n) is 14.3. The minimum absolute atomic E-state index is 0.0312. The summed E-state index contributed by atoms with van der Waals surface area (Å²) < 4.78 is 49.4. The molecule has 26 heavy (non-hydrogen) atoms. The number of cyclic esters (lactones) is 1. The van der Waals surface area contributed by atoms with Gasteiger partial charge in [-0.2, -0.15) is 13.2 Å². The van der Waals surface area contributed by atoms with Gasteiger partial charge in [0.05, 0.1) is 18.1 Å². The highest BCUT2D eigenvalue weighted by atomic mass is 19.4. The standard InChI is InChI=1S/C18H19F3O5/c1-11(2)15(23)25-10-17(9-22)8-13(16(24)26-17)7-12-5-3-4-6-14(12)18(19,20)21/h3-7,11,22H,8-10H2,1-2H3/b13-7-. The molecule has 142 valence electrons. The fraction of sp³-hybridized carbons (Fsp3) is 0.444. The second-order valence-electron chi connectivity index (χ2n) is 6.42. The molecule has 1 unspecified atom stereocenters. The lowest BCUT2D eigenvalue weighted by Gasteiger charge is -2.24. The normalized spacial score (nSPS) is 22.0. The molecule has 1 atom stereocenters. The van der Waals surface area contributed by atoms with Gasteiger partial charge >= 0.3 is 18.1 Å². The molecule has 1 aromatic carbocycles. The number of hydrogen-bond acceptors (Lipinski definition) is 5. The molecule has 1 aliphatic heterocycles. The fourth-order valence-electron chi connectivity index (χ4n) is 2.48. The van der Waals surface area contributed by atoms with Crippen molar-refractivity contribution < 1.29 is 37.3 Å². The van der Waals surface area contributed by atoms with Crippen molar-refractivity contribution in [1.82, 2.24) is 0 Å². The third-order valence-electron chi connectivity index (χ3n) is 3.92. The van der Waals surface area contributed by atoms with Crippen LogP contribution in [0.5, 0.6) is 0 Å². The molecule has 0 aliphatic carbocycles. The zero-order chi connectivity index (χ0) is 19.5. The van der Waals surface area contributed by atoms with Gasteiger partial charge in [-0.3, -0.25) is 4.79 Å². The van der Waals surface area contributed by atoms with E-state index in [1.807, 2.05) is 0 Å². The van der Waals surface area contributed by atoms with Crippen LogP contribution in [-0.2, 0) is 25.2 Å². The minimum atomic E-state index is -4.57. The molecule has 0 amide bonds. The van der Waals surface area contributed by atoms with Gasteiger partial charge < -0.3 is 14.6 Å². The van der Waals surface area contributed by atoms with Crippen molar-refractivity contribution in [3.05, 3.63) is 41.0 Å². The Morgan fingerprint density at radius 1 is 1.38 bits per heavy atom. The monoisotopic (exact) mass is 372 g/mol. The average Bonchev–Trinajstić information content (AvgIpc) is 2.88. The van der Waals surface area contributed by atoms with E-state index >= 15 is 0 Å². The Kier molecular flexibility index (Phi) is 5.75. The molecule has 0 spiro atoms. The van der Waals surface area contributed by atoms with Crippen LogP contribution in [0.3, 0.4) is 0 Å². The lowest BCUT2D eigenvalue weighted by molar-refractivity contribution is -0.168. The van der Waals surface area contributed by atoms with Gasteiger partial charge in [-0.1, -0.05) is 32.0 Å². The average molecular weight is 372 g/mol. The van der Waals surface area contributed by atoms with Gasteiger partial charge in [-0.15, -0.1) is 0 Å². The predicted octanol–water partition coefficient (Wildman–Crippen LogP) is 2.97. The second kappa shape index (κ2) is 7.49. The fourth-order valence-corrected chi connectivity index (χ4v) is 2.48. The van der Waals surface area contributed by atoms with E-state index in [0.717, 1.165) is 12.1 Å². The van der Waals surface area contributed by atoms with Crippen molar-refractivity contribution in [2.24, 2.45) is 5.92 Å². The van der Waals surface area contributed by atoms with Gasteiger partial charge in [-0.25, -0.2) is 4.79 Å². The van der Waals surface area contributed by atoms with E-state index in [-0.39, 0.29) is 24.2 Å². The van der Waals surface area contributed by atoms with Gasteiger partial charge in [0.1, 0.15) is 6.61 Å². The smallest absolute Gasteiger partial charge is 0.416 e. The van der Waals surface area contributed by atoms with E-state index in [0.29, 0.717) is 0 Å². The van der Waals surface area contributed by atoms with Crippen LogP contribution in [-0.4, -0.2) is 35.9 Å². The summed E-state index contributed by atoms with van der Waals surface area (Å²) >= 11 is 0. The first-order valence-electron chi connectivity index (χ1n) is 7.95. The maximum atomic E-state index is 13.1. The number of aliphatic hydroxyl groups excluding tert-OH is 1. The molecule has 0 radical (unpaired) electrons. The summed E-state index contributed by atoms with van der Waals surface area (Å²) in [7, 11) is 0. The number of carbonyl (C=O) groups is 2. The summed E-state index contributed by atoms with van der Waals surface area (Å²) in [5.74, 6) is -1.79. The van der Waals surface area contributed by atoms with Gasteiger partial charge in [0.15, 0.2) is 5.60 Å². The highest BCUT2D eigenvalue weighted by Crippen LogP contribution is 2.36. The minimum Gasteiger partial charge on any atom is -0.461 e. The first-order valence-corrected chi connectivity index (χ1v) is 7.95. The first-order chi connectivity index (χ1) is 12.1. The summed E-state index contributed by atoms with van der Waals surface area (Å²) in [4.78, 5) is 23.7. The molecular weight excluding hydrogens is 353 g/mol. The Bertz CT molecular complexity index is 724. The maximum absolute atomic E-state index is 13.1. The highest BCUT2D eigenvalue weighted by Gasteiger charge is 2.45. The number of rotatable bonds is 5. The quantitative estimate of drug-likeness (QED) is 0.636. The molecule has 1 heterocycles. The molecule has 1 fully saturated rings. The summed E-state index contributed by atoms with van der Waals surface area (Å²) in [6.07, 6.45) is -3.65. The molecule has 8 heteroatoms. The molecular formula is C18H19F3O5. The molecule has 1 N–H and O–H groups in total. The summed E-state index contributed by atoms with van der Waals surface area (Å²) in [6.45, 7) is 2.24. The van der Waals surface area contributed by atoms with Crippen LogP contribution in [0.1, 0.15) is 31.4 Å². The van der Waals surface area contributed by atoms with E-state index in [2.05, 4.69) is 0 Å². The molecule has 0 bridgehead atoms. The Balaban J connectivity index is 2.26. The lowest BCUT2D eigenvalue weighted by atomic mass is 9.96. The van der Waals surface area contributed by atoms with E-state index in [9.17, 15) is 27.9 Å². The molecule has 1 aromatic rings. The number of alkyl halides is 3. The van der Waals surface area contributed by atoms with Crippen LogP contribution in [0, 0.1) is 5.92 Å². The SMILES string of the molecule is CC(C)C(=O)OCC1(CO)C/C(=C/c2ccccc2C(F)(F)F)C(=O)O1. The topological polar surface area (TPSA) is 72.8 Å². The molecule has 0 saturated carbocycles. The van der Waals surface area contributed by atoms with E-state index in [1.165, 1.54) is 18.2 Å². The second-order valence-corrected chi connectivity index (χ2v) is 6.42. The number of ether oxygens (including phenoxy) is 2. The number of carbonyl (C=O) groups excluding carboxylic acids is 2. The largest absolute Gasteiger partial charge is 0.461 e. The molecule has 5 nitrogen and oxygen atoms in total. The highest BCUT2D eigenvalue weighted by molar-refractivity contribution is 5.96. The first kappa shape index (κ1) is 20.0. The Morgan fingerprint density at radius 2 is 2.04 bits per heavy atom. The number of aliphatic hydroxyl groups is 1. The summed E-state index contributed by atoms with van der Waals surface area (Å²) in [5, 5.41) is 9.58. The van der Waals surface area contributed by atoms with Crippen molar-refractivity contribution in [1.29, 1.82) is 0 Å². The third kappa shape index (κ3) is 4.43. The van der Waals surface area contributed by atoms with Gasteiger partial charge in [0.25, 0.3) is 0 Å². The molecule has 0 aromatic heterocycles. The van der Waals surface area contributed by atoms with Gasteiger partial charge in [0, 0.05) is 12.0 Å². The van der Waals surface area contributed by atoms with Crippen molar-refractivity contribution in [3.63, 3.8) is 0 Å². The van der Waals surface area contributed by atoms with Gasteiger partial charge in [0.2, 0.25) is 0 Å². The van der Waals surface area contributed by atoms with Crippen molar-refractivity contribution in [2.75, 3.05) is 13.2 Å². The Hall–Kier alpha value is -2.35. The summed E-state index contributed by atoms with van der Waals surface area (Å²) in [6, 6.07) is 4.82.